The zero-order valence-electron chi connectivity index (χ0n) is 15.2. The fourth-order valence-corrected chi connectivity index (χ4v) is 3.63. The third kappa shape index (κ3) is 4.52. The molecule has 0 aliphatic rings. The number of halogens is 1. The van der Waals surface area contributed by atoms with Crippen molar-refractivity contribution in [2.24, 2.45) is 0 Å². The topological polar surface area (TPSA) is 51.2 Å². The molecule has 2 aromatic carbocycles. The summed E-state index contributed by atoms with van der Waals surface area (Å²) in [7, 11) is 1.42. The Morgan fingerprint density at radius 1 is 1.26 bits per heavy atom. The minimum atomic E-state index is -0.444. The first kappa shape index (κ1) is 19.0. The number of hydrogen-bond donors (Lipinski definition) is 1. The van der Waals surface area contributed by atoms with E-state index in [4.69, 9.17) is 4.74 Å². The molecule has 6 heteroatoms. The number of ether oxygens (including phenoxy) is 1. The first-order chi connectivity index (χ1) is 13.1. The van der Waals surface area contributed by atoms with E-state index in [0.717, 1.165) is 18.4 Å². The SMILES string of the molecule is CCCC(C(=O)Nc1nc(-c2ccc(OC)c(F)c2)cs1)c1ccccc1. The minimum Gasteiger partial charge on any atom is -0.494 e. The number of methoxy groups -OCH3 is 1. The van der Waals surface area contributed by atoms with Gasteiger partial charge in [0.2, 0.25) is 5.91 Å². The lowest BCUT2D eigenvalue weighted by atomic mass is 9.94. The fourth-order valence-electron chi connectivity index (χ4n) is 2.91. The number of anilines is 1. The van der Waals surface area contributed by atoms with Gasteiger partial charge in [0.1, 0.15) is 0 Å². The monoisotopic (exact) mass is 384 g/mol. The molecule has 3 aromatic rings. The first-order valence-corrected chi connectivity index (χ1v) is 9.65. The predicted molar refractivity (Wildman–Crippen MR) is 107 cm³/mol. The second-order valence-electron chi connectivity index (χ2n) is 6.13. The molecule has 0 fully saturated rings. The van der Waals surface area contributed by atoms with E-state index >= 15 is 0 Å². The summed E-state index contributed by atoms with van der Waals surface area (Å²) in [6.45, 7) is 2.06. The molecule has 0 spiro atoms. The smallest absolute Gasteiger partial charge is 0.233 e. The Balaban J connectivity index is 1.76. The van der Waals surface area contributed by atoms with Gasteiger partial charge >= 0.3 is 0 Å². The van der Waals surface area contributed by atoms with Crippen LogP contribution in [0.1, 0.15) is 31.2 Å². The summed E-state index contributed by atoms with van der Waals surface area (Å²) in [6, 6.07) is 14.4. The van der Waals surface area contributed by atoms with Crippen LogP contribution in [0.3, 0.4) is 0 Å². The van der Waals surface area contributed by atoms with Crippen LogP contribution in [-0.4, -0.2) is 18.0 Å². The van der Waals surface area contributed by atoms with E-state index in [1.165, 1.54) is 24.5 Å². The molecule has 140 valence electrons. The third-order valence-electron chi connectivity index (χ3n) is 4.28. The van der Waals surface area contributed by atoms with Gasteiger partial charge in [0.15, 0.2) is 16.7 Å². The zero-order chi connectivity index (χ0) is 19.2. The molecular formula is C21H21FN2O2S. The summed E-state index contributed by atoms with van der Waals surface area (Å²) in [6.07, 6.45) is 1.67. The number of benzene rings is 2. The summed E-state index contributed by atoms with van der Waals surface area (Å²) in [5.74, 6) is -0.555. The maximum atomic E-state index is 13.9. The van der Waals surface area contributed by atoms with Crippen LogP contribution >= 0.6 is 11.3 Å². The van der Waals surface area contributed by atoms with Gasteiger partial charge in [-0.15, -0.1) is 11.3 Å². The van der Waals surface area contributed by atoms with E-state index in [1.54, 1.807) is 17.5 Å². The lowest BCUT2D eigenvalue weighted by molar-refractivity contribution is -0.117. The van der Waals surface area contributed by atoms with Gasteiger partial charge in [0.05, 0.1) is 18.7 Å². The molecular weight excluding hydrogens is 363 g/mol. The zero-order valence-corrected chi connectivity index (χ0v) is 16.1. The van der Waals surface area contributed by atoms with Gasteiger partial charge in [-0.05, 0) is 30.2 Å². The number of carbonyl (C=O) groups is 1. The van der Waals surface area contributed by atoms with Gasteiger partial charge < -0.3 is 10.1 Å². The Morgan fingerprint density at radius 2 is 2.04 bits per heavy atom. The fraction of sp³-hybridized carbons (Fsp3) is 0.238. The lowest BCUT2D eigenvalue weighted by Gasteiger charge is -2.15. The van der Waals surface area contributed by atoms with E-state index in [-0.39, 0.29) is 17.6 Å². The summed E-state index contributed by atoms with van der Waals surface area (Å²) in [5, 5.41) is 5.21. The highest BCUT2D eigenvalue weighted by atomic mass is 32.1. The molecule has 0 radical (unpaired) electrons. The highest BCUT2D eigenvalue weighted by molar-refractivity contribution is 7.14. The maximum Gasteiger partial charge on any atom is 0.233 e. The third-order valence-corrected chi connectivity index (χ3v) is 5.04. The van der Waals surface area contributed by atoms with Crippen molar-refractivity contribution in [2.45, 2.75) is 25.7 Å². The number of aromatic nitrogens is 1. The van der Waals surface area contributed by atoms with Crippen LogP contribution in [0.25, 0.3) is 11.3 Å². The Morgan fingerprint density at radius 3 is 2.70 bits per heavy atom. The van der Waals surface area contributed by atoms with Gasteiger partial charge in [-0.1, -0.05) is 43.7 Å². The molecule has 1 unspecified atom stereocenters. The predicted octanol–water partition coefficient (Wildman–Crippen LogP) is 5.48. The number of nitrogens with zero attached hydrogens (tertiary/aromatic N) is 1. The van der Waals surface area contributed by atoms with E-state index in [1.807, 2.05) is 30.3 Å². The van der Waals surface area contributed by atoms with E-state index in [0.29, 0.717) is 16.4 Å². The van der Waals surface area contributed by atoms with Crippen LogP contribution in [-0.2, 0) is 4.79 Å². The van der Waals surface area contributed by atoms with Gasteiger partial charge in [0, 0.05) is 10.9 Å². The molecule has 1 amide bonds. The number of nitrogens with one attached hydrogen (secondary N) is 1. The highest BCUT2D eigenvalue weighted by Crippen LogP contribution is 2.29. The largest absolute Gasteiger partial charge is 0.494 e. The Bertz CT molecular complexity index is 912. The molecule has 3 rings (SSSR count). The molecule has 0 aliphatic heterocycles. The number of thiazole rings is 1. The van der Waals surface area contributed by atoms with Crippen molar-refractivity contribution < 1.29 is 13.9 Å². The summed E-state index contributed by atoms with van der Waals surface area (Å²) in [5.41, 5.74) is 2.24. The van der Waals surface area contributed by atoms with Crippen LogP contribution in [0.2, 0.25) is 0 Å². The second-order valence-corrected chi connectivity index (χ2v) is 6.99. The average Bonchev–Trinajstić information content (AvgIpc) is 3.15. The molecule has 1 N–H and O–H groups in total. The van der Waals surface area contributed by atoms with Crippen LogP contribution in [0, 0.1) is 5.82 Å². The Kier molecular flexibility index (Phi) is 6.19. The van der Waals surface area contributed by atoms with Crippen LogP contribution in [0.15, 0.2) is 53.9 Å². The van der Waals surface area contributed by atoms with Crippen molar-refractivity contribution >= 4 is 22.4 Å². The number of carbonyl (C=O) groups excluding carboxylic acids is 1. The Hall–Kier alpha value is -2.73. The molecule has 1 atom stereocenters. The standard InChI is InChI=1S/C21H21FN2O2S/c1-3-7-16(14-8-5-4-6-9-14)20(25)24-21-23-18(13-27-21)15-10-11-19(26-2)17(22)12-15/h4-6,8-13,16H,3,7H2,1-2H3,(H,23,24,25). The lowest BCUT2D eigenvalue weighted by Crippen LogP contribution is -2.21. The molecule has 1 aromatic heterocycles. The average molecular weight is 384 g/mol. The highest BCUT2D eigenvalue weighted by Gasteiger charge is 2.21. The van der Waals surface area contributed by atoms with E-state index in [2.05, 4.69) is 17.2 Å². The maximum absolute atomic E-state index is 13.9. The van der Waals surface area contributed by atoms with Crippen molar-refractivity contribution in [1.29, 1.82) is 0 Å². The Labute approximate surface area is 162 Å². The van der Waals surface area contributed by atoms with Gasteiger partial charge in [0.25, 0.3) is 0 Å². The van der Waals surface area contributed by atoms with Gasteiger partial charge in [-0.3, -0.25) is 4.79 Å². The van der Waals surface area contributed by atoms with Crippen LogP contribution in [0.4, 0.5) is 9.52 Å². The molecule has 4 nitrogen and oxygen atoms in total. The normalized spacial score (nSPS) is 11.8. The van der Waals surface area contributed by atoms with Crippen molar-refractivity contribution in [3.05, 3.63) is 65.3 Å². The first-order valence-electron chi connectivity index (χ1n) is 8.77. The van der Waals surface area contributed by atoms with Crippen molar-refractivity contribution in [3.63, 3.8) is 0 Å². The van der Waals surface area contributed by atoms with Crippen molar-refractivity contribution in [2.75, 3.05) is 12.4 Å². The van der Waals surface area contributed by atoms with Crippen molar-refractivity contribution in [3.8, 4) is 17.0 Å². The van der Waals surface area contributed by atoms with E-state index in [9.17, 15) is 9.18 Å². The molecule has 27 heavy (non-hydrogen) atoms. The molecule has 0 saturated carbocycles. The summed E-state index contributed by atoms with van der Waals surface area (Å²) >= 11 is 1.32. The molecule has 0 bridgehead atoms. The number of amides is 1. The van der Waals surface area contributed by atoms with Crippen molar-refractivity contribution in [1.82, 2.24) is 4.98 Å². The molecule has 0 saturated heterocycles. The van der Waals surface area contributed by atoms with Gasteiger partial charge in [-0.25, -0.2) is 9.37 Å². The number of rotatable bonds is 7. The van der Waals surface area contributed by atoms with E-state index < -0.39 is 5.82 Å². The minimum absolute atomic E-state index is 0.0788. The van der Waals surface area contributed by atoms with Gasteiger partial charge in [-0.2, -0.15) is 0 Å². The summed E-state index contributed by atoms with van der Waals surface area (Å²) < 4.78 is 18.8. The second kappa shape index (κ2) is 8.77. The molecule has 0 aliphatic carbocycles. The summed E-state index contributed by atoms with van der Waals surface area (Å²) in [4.78, 5) is 17.2. The quantitative estimate of drug-likeness (QED) is 0.587. The van der Waals surface area contributed by atoms with Crippen LogP contribution in [0.5, 0.6) is 5.75 Å². The number of hydrogen-bond acceptors (Lipinski definition) is 4. The van der Waals surface area contributed by atoms with Crippen LogP contribution < -0.4 is 10.1 Å². The molecule has 1 heterocycles.